The summed E-state index contributed by atoms with van der Waals surface area (Å²) in [7, 11) is -7.22. The first-order valence-electron chi connectivity index (χ1n) is 13.2. The highest BCUT2D eigenvalue weighted by molar-refractivity contribution is 7.86. The summed E-state index contributed by atoms with van der Waals surface area (Å²) in [5.74, 6) is 0. The maximum atomic E-state index is 11.7. The van der Waals surface area contributed by atoms with Gasteiger partial charge in [0.25, 0.3) is 20.2 Å². The highest BCUT2D eigenvalue weighted by atomic mass is 32.2. The Hall–Kier alpha value is -0.180. The standard InChI is InChI=1S/C25H52O6S2/c1-5-7-9-11-13-15-17-19-21-25(23-30-32(3,26)27,24-31-33(4,28)29)22-20-18-16-14-12-10-8-6-2/h5-24H2,1-4H3. The van der Waals surface area contributed by atoms with Crippen molar-refractivity contribution in [3.8, 4) is 0 Å². The Labute approximate surface area is 205 Å². The predicted octanol–water partition coefficient (Wildman–Crippen LogP) is 6.99. The minimum atomic E-state index is -3.61. The number of rotatable bonds is 24. The summed E-state index contributed by atoms with van der Waals surface area (Å²) in [4.78, 5) is 0. The molecule has 0 atom stereocenters. The summed E-state index contributed by atoms with van der Waals surface area (Å²) < 4.78 is 57.2. The molecule has 0 radical (unpaired) electrons. The van der Waals surface area contributed by atoms with Gasteiger partial charge in [0, 0.05) is 5.41 Å². The minimum Gasteiger partial charge on any atom is -0.270 e. The van der Waals surface area contributed by atoms with Gasteiger partial charge in [-0.3, -0.25) is 8.37 Å². The van der Waals surface area contributed by atoms with Crippen LogP contribution in [0.2, 0.25) is 0 Å². The Morgan fingerprint density at radius 1 is 0.485 bits per heavy atom. The number of hydrogen-bond acceptors (Lipinski definition) is 6. The molecule has 0 aliphatic carbocycles. The van der Waals surface area contributed by atoms with Crippen molar-refractivity contribution in [1.82, 2.24) is 0 Å². The molecule has 0 fully saturated rings. The van der Waals surface area contributed by atoms with Gasteiger partial charge in [0.15, 0.2) is 0 Å². The van der Waals surface area contributed by atoms with Gasteiger partial charge < -0.3 is 0 Å². The monoisotopic (exact) mass is 512 g/mol. The van der Waals surface area contributed by atoms with Crippen LogP contribution >= 0.6 is 0 Å². The first kappa shape index (κ1) is 32.8. The van der Waals surface area contributed by atoms with Gasteiger partial charge in [0.05, 0.1) is 25.7 Å². The predicted molar refractivity (Wildman–Crippen MR) is 138 cm³/mol. The van der Waals surface area contributed by atoms with Crippen LogP contribution in [-0.2, 0) is 28.6 Å². The number of hydrogen-bond donors (Lipinski definition) is 0. The Morgan fingerprint density at radius 3 is 1.03 bits per heavy atom. The third-order valence-corrected chi connectivity index (χ3v) is 7.37. The molecule has 0 amide bonds. The molecule has 0 aromatic rings. The lowest BCUT2D eigenvalue weighted by Gasteiger charge is -2.33. The van der Waals surface area contributed by atoms with Crippen LogP contribution in [0.5, 0.6) is 0 Å². The van der Waals surface area contributed by atoms with E-state index in [9.17, 15) is 16.8 Å². The van der Waals surface area contributed by atoms with Gasteiger partial charge in [0.2, 0.25) is 0 Å². The van der Waals surface area contributed by atoms with Gasteiger partial charge in [-0.1, -0.05) is 117 Å². The van der Waals surface area contributed by atoms with Gasteiger partial charge in [0.1, 0.15) is 0 Å². The van der Waals surface area contributed by atoms with E-state index in [-0.39, 0.29) is 13.2 Å². The topological polar surface area (TPSA) is 86.7 Å². The number of unbranched alkanes of at least 4 members (excludes halogenated alkanes) is 14. The molecule has 0 aliphatic heterocycles. The van der Waals surface area contributed by atoms with Crippen molar-refractivity contribution in [3.05, 3.63) is 0 Å². The zero-order chi connectivity index (χ0) is 25.1. The van der Waals surface area contributed by atoms with Crippen LogP contribution in [0, 0.1) is 5.41 Å². The lowest BCUT2D eigenvalue weighted by atomic mass is 9.79. The highest BCUT2D eigenvalue weighted by Gasteiger charge is 2.33. The third kappa shape index (κ3) is 22.1. The van der Waals surface area contributed by atoms with E-state index in [0.29, 0.717) is 12.8 Å². The van der Waals surface area contributed by atoms with Crippen molar-refractivity contribution in [2.45, 2.75) is 129 Å². The normalized spacial score (nSPS) is 13.0. The maximum absolute atomic E-state index is 11.7. The van der Waals surface area contributed by atoms with Crippen LogP contribution in [0.1, 0.15) is 129 Å². The summed E-state index contributed by atoms with van der Waals surface area (Å²) in [6.45, 7) is 4.38. The second-order valence-electron chi connectivity index (χ2n) is 9.88. The van der Waals surface area contributed by atoms with Gasteiger partial charge in [-0.2, -0.15) is 16.8 Å². The average molecular weight is 513 g/mol. The minimum absolute atomic E-state index is 0.0195. The summed E-state index contributed by atoms with van der Waals surface area (Å²) in [6.07, 6.45) is 22.3. The molecule has 0 spiro atoms. The summed E-state index contributed by atoms with van der Waals surface area (Å²) in [6, 6.07) is 0. The zero-order valence-corrected chi connectivity index (χ0v) is 23.5. The van der Waals surface area contributed by atoms with Crippen LogP contribution in [-0.4, -0.2) is 42.6 Å². The van der Waals surface area contributed by atoms with E-state index in [1.807, 2.05) is 0 Å². The molecule has 0 heterocycles. The average Bonchev–Trinajstić information content (AvgIpc) is 2.73. The molecular formula is C25H52O6S2. The Kier molecular flexibility index (Phi) is 19.0. The van der Waals surface area contributed by atoms with E-state index in [1.165, 1.54) is 64.2 Å². The molecular weight excluding hydrogens is 460 g/mol. The molecule has 0 saturated heterocycles. The van der Waals surface area contributed by atoms with Crippen molar-refractivity contribution in [2.75, 3.05) is 25.7 Å². The molecule has 0 bridgehead atoms. The molecule has 0 aromatic heterocycles. The lowest BCUT2D eigenvalue weighted by Crippen LogP contribution is -2.34. The fourth-order valence-electron chi connectivity index (χ4n) is 4.19. The van der Waals surface area contributed by atoms with E-state index in [4.69, 9.17) is 8.37 Å². The van der Waals surface area contributed by atoms with Gasteiger partial charge in [-0.25, -0.2) is 0 Å². The molecule has 0 N–H and O–H groups in total. The Morgan fingerprint density at radius 2 is 0.758 bits per heavy atom. The van der Waals surface area contributed by atoms with Crippen molar-refractivity contribution < 1.29 is 25.2 Å². The van der Waals surface area contributed by atoms with Crippen LogP contribution in [0.3, 0.4) is 0 Å². The molecule has 200 valence electrons. The fraction of sp³-hybridized carbons (Fsp3) is 1.00. The van der Waals surface area contributed by atoms with Gasteiger partial charge >= 0.3 is 0 Å². The van der Waals surface area contributed by atoms with Gasteiger partial charge in [-0.15, -0.1) is 0 Å². The second kappa shape index (κ2) is 19.1. The first-order chi connectivity index (χ1) is 15.5. The Bertz CT molecular complexity index is 600. The molecule has 0 saturated carbocycles. The highest BCUT2D eigenvalue weighted by Crippen LogP contribution is 2.34. The fourth-order valence-corrected chi connectivity index (χ4v) is 5.12. The smallest absolute Gasteiger partial charge is 0.264 e. The second-order valence-corrected chi connectivity index (χ2v) is 13.2. The van der Waals surface area contributed by atoms with Crippen molar-refractivity contribution >= 4 is 20.2 Å². The lowest BCUT2D eigenvalue weighted by molar-refractivity contribution is 0.0632. The van der Waals surface area contributed by atoms with Crippen molar-refractivity contribution in [1.29, 1.82) is 0 Å². The van der Waals surface area contributed by atoms with Crippen LogP contribution in [0.4, 0.5) is 0 Å². The SMILES string of the molecule is CCCCCCCCCCC(CCCCCCCCCC)(COS(C)(=O)=O)COS(C)(=O)=O. The molecule has 0 aliphatic rings. The molecule has 0 aromatic carbocycles. The van der Waals surface area contributed by atoms with Crippen molar-refractivity contribution in [2.24, 2.45) is 5.41 Å². The van der Waals surface area contributed by atoms with E-state index in [1.54, 1.807) is 0 Å². The molecule has 33 heavy (non-hydrogen) atoms. The van der Waals surface area contributed by atoms with E-state index in [2.05, 4.69) is 13.8 Å². The quantitative estimate of drug-likeness (QED) is 0.102. The van der Waals surface area contributed by atoms with Gasteiger partial charge in [-0.05, 0) is 12.8 Å². The summed E-state index contributed by atoms with van der Waals surface area (Å²) in [5.41, 5.74) is -0.601. The van der Waals surface area contributed by atoms with E-state index >= 15 is 0 Å². The zero-order valence-electron chi connectivity index (χ0n) is 21.9. The summed E-state index contributed by atoms with van der Waals surface area (Å²) >= 11 is 0. The van der Waals surface area contributed by atoms with Crippen LogP contribution in [0.25, 0.3) is 0 Å². The van der Waals surface area contributed by atoms with Crippen LogP contribution in [0.15, 0.2) is 0 Å². The summed E-state index contributed by atoms with van der Waals surface area (Å²) in [5, 5.41) is 0. The van der Waals surface area contributed by atoms with E-state index < -0.39 is 25.7 Å². The van der Waals surface area contributed by atoms with E-state index in [0.717, 1.165) is 51.0 Å². The largest absolute Gasteiger partial charge is 0.270 e. The van der Waals surface area contributed by atoms with Crippen molar-refractivity contribution in [3.63, 3.8) is 0 Å². The first-order valence-corrected chi connectivity index (χ1v) is 16.9. The molecule has 0 rings (SSSR count). The maximum Gasteiger partial charge on any atom is 0.264 e. The van der Waals surface area contributed by atoms with Crippen LogP contribution < -0.4 is 0 Å². The molecule has 8 heteroatoms. The Balaban J connectivity index is 4.86. The third-order valence-electron chi connectivity index (χ3n) is 6.28. The molecule has 0 unspecified atom stereocenters. The molecule has 6 nitrogen and oxygen atoms in total.